The summed E-state index contributed by atoms with van der Waals surface area (Å²) in [5.41, 5.74) is 0. The topological polar surface area (TPSA) is 49.4 Å². The summed E-state index contributed by atoms with van der Waals surface area (Å²) >= 11 is 0. The molecule has 1 rings (SSSR count). The average Bonchev–Trinajstić information content (AvgIpc) is 2.35. The van der Waals surface area contributed by atoms with Crippen LogP contribution in [-0.2, 0) is 9.59 Å². The Kier molecular flexibility index (Phi) is 5.59. The number of alkyl halides is 3. The molecule has 20 heavy (non-hydrogen) atoms. The molecule has 0 spiro atoms. The Morgan fingerprint density at radius 2 is 1.80 bits per heavy atom. The lowest BCUT2D eigenvalue weighted by atomic mass is 10.0. The van der Waals surface area contributed by atoms with E-state index >= 15 is 0 Å². The molecule has 0 aliphatic carbocycles. The first kappa shape index (κ1) is 16.5. The van der Waals surface area contributed by atoms with Crippen molar-refractivity contribution in [1.82, 2.24) is 10.2 Å². The number of nitrogens with zero attached hydrogens (tertiary/aromatic N) is 1. The minimum atomic E-state index is -4.82. The van der Waals surface area contributed by atoms with Crippen LogP contribution in [0.1, 0.15) is 26.7 Å². The van der Waals surface area contributed by atoms with Crippen molar-refractivity contribution < 1.29 is 22.8 Å². The maximum absolute atomic E-state index is 12.2. The lowest BCUT2D eigenvalue weighted by Crippen LogP contribution is -2.49. The van der Waals surface area contributed by atoms with Gasteiger partial charge in [0.2, 0.25) is 5.91 Å². The Morgan fingerprint density at radius 3 is 2.25 bits per heavy atom. The van der Waals surface area contributed by atoms with E-state index in [1.54, 1.807) is 6.08 Å². The summed E-state index contributed by atoms with van der Waals surface area (Å²) in [5, 5.41) is 2.73. The van der Waals surface area contributed by atoms with E-state index in [0.717, 1.165) is 4.90 Å². The van der Waals surface area contributed by atoms with Crippen molar-refractivity contribution in [3.05, 3.63) is 12.2 Å². The summed E-state index contributed by atoms with van der Waals surface area (Å²) in [6, 6.07) is -0.184. The predicted molar refractivity (Wildman–Crippen MR) is 67.8 cm³/mol. The van der Waals surface area contributed by atoms with E-state index in [0.29, 0.717) is 12.8 Å². The Morgan fingerprint density at radius 1 is 1.25 bits per heavy atom. The van der Waals surface area contributed by atoms with E-state index in [-0.39, 0.29) is 31.0 Å². The van der Waals surface area contributed by atoms with E-state index in [4.69, 9.17) is 0 Å². The number of nitrogens with one attached hydrogen (secondary N) is 1. The van der Waals surface area contributed by atoms with Crippen molar-refractivity contribution in [3.63, 3.8) is 0 Å². The van der Waals surface area contributed by atoms with Gasteiger partial charge in [0.05, 0.1) is 0 Å². The van der Waals surface area contributed by atoms with Crippen molar-refractivity contribution in [1.29, 1.82) is 0 Å². The number of rotatable bonds is 3. The van der Waals surface area contributed by atoms with Crippen molar-refractivity contribution in [2.24, 2.45) is 5.92 Å². The van der Waals surface area contributed by atoms with Crippen LogP contribution in [0.5, 0.6) is 0 Å². The second kappa shape index (κ2) is 6.76. The second-order valence-corrected chi connectivity index (χ2v) is 5.18. The first-order chi connectivity index (χ1) is 9.20. The zero-order valence-corrected chi connectivity index (χ0v) is 11.5. The number of piperidine rings is 1. The first-order valence-electron chi connectivity index (χ1n) is 6.55. The van der Waals surface area contributed by atoms with Crippen LogP contribution in [0, 0.1) is 5.92 Å². The zero-order chi connectivity index (χ0) is 15.3. The highest BCUT2D eigenvalue weighted by atomic mass is 19.4. The molecular weight excluding hydrogens is 273 g/mol. The number of carbonyl (C=O) groups excluding carboxylic acids is 2. The standard InChI is InChI=1S/C13H19F3N2O2/c1-9(2)3-4-11(19)17-10-5-7-18(8-6-10)12(20)13(14,15)16/h3-4,9-10H,5-8H2,1-2H3,(H,17,19)/b4-3+. The summed E-state index contributed by atoms with van der Waals surface area (Å²) < 4.78 is 36.7. The summed E-state index contributed by atoms with van der Waals surface area (Å²) in [6.45, 7) is 3.89. The monoisotopic (exact) mass is 292 g/mol. The molecule has 7 heteroatoms. The largest absolute Gasteiger partial charge is 0.471 e. The number of halogens is 3. The summed E-state index contributed by atoms with van der Waals surface area (Å²) in [6.07, 6.45) is -0.974. The Balaban J connectivity index is 2.40. The maximum atomic E-state index is 12.2. The molecule has 0 aromatic rings. The normalized spacial score (nSPS) is 17.8. The number of amides is 2. The molecular formula is C13H19F3N2O2. The van der Waals surface area contributed by atoms with Gasteiger partial charge in [-0.05, 0) is 24.8 Å². The van der Waals surface area contributed by atoms with Gasteiger partial charge in [0.15, 0.2) is 0 Å². The molecule has 0 aromatic heterocycles. The molecule has 0 bridgehead atoms. The highest BCUT2D eigenvalue weighted by Crippen LogP contribution is 2.21. The van der Waals surface area contributed by atoms with Gasteiger partial charge in [-0.3, -0.25) is 9.59 Å². The first-order valence-corrected chi connectivity index (χ1v) is 6.55. The lowest BCUT2D eigenvalue weighted by Gasteiger charge is -2.32. The van der Waals surface area contributed by atoms with Crippen LogP contribution in [0.4, 0.5) is 13.2 Å². The Hall–Kier alpha value is -1.53. The van der Waals surface area contributed by atoms with Gasteiger partial charge in [-0.2, -0.15) is 13.2 Å². The second-order valence-electron chi connectivity index (χ2n) is 5.18. The molecule has 0 aromatic carbocycles. The zero-order valence-electron chi connectivity index (χ0n) is 11.5. The fraction of sp³-hybridized carbons (Fsp3) is 0.692. The molecule has 4 nitrogen and oxygen atoms in total. The smallest absolute Gasteiger partial charge is 0.350 e. The van der Waals surface area contributed by atoms with Gasteiger partial charge in [-0.15, -0.1) is 0 Å². The number of likely N-dealkylation sites (tertiary alicyclic amines) is 1. The number of carbonyl (C=O) groups is 2. The number of hydrogen-bond donors (Lipinski definition) is 1. The summed E-state index contributed by atoms with van der Waals surface area (Å²) in [7, 11) is 0. The molecule has 0 saturated carbocycles. The van der Waals surface area contributed by atoms with E-state index in [1.165, 1.54) is 6.08 Å². The van der Waals surface area contributed by atoms with Crippen LogP contribution in [-0.4, -0.2) is 42.0 Å². The van der Waals surface area contributed by atoms with Gasteiger partial charge in [0.25, 0.3) is 0 Å². The number of allylic oxidation sites excluding steroid dienone is 1. The molecule has 114 valence electrons. The lowest BCUT2D eigenvalue weighted by molar-refractivity contribution is -0.186. The van der Waals surface area contributed by atoms with Crippen molar-refractivity contribution in [2.75, 3.05) is 13.1 Å². The molecule has 1 saturated heterocycles. The molecule has 1 aliphatic heterocycles. The fourth-order valence-electron chi connectivity index (χ4n) is 1.94. The minimum Gasteiger partial charge on any atom is -0.350 e. The van der Waals surface area contributed by atoms with Gasteiger partial charge in [-0.1, -0.05) is 19.9 Å². The van der Waals surface area contributed by atoms with Crippen LogP contribution in [0.15, 0.2) is 12.2 Å². The molecule has 1 fully saturated rings. The van der Waals surface area contributed by atoms with Crippen LogP contribution in [0.3, 0.4) is 0 Å². The van der Waals surface area contributed by atoms with Gasteiger partial charge >= 0.3 is 12.1 Å². The van der Waals surface area contributed by atoms with E-state index in [2.05, 4.69) is 5.32 Å². The molecule has 0 unspecified atom stereocenters. The minimum absolute atomic E-state index is 0.0111. The van der Waals surface area contributed by atoms with Gasteiger partial charge in [0.1, 0.15) is 0 Å². The average molecular weight is 292 g/mol. The third kappa shape index (κ3) is 5.22. The third-order valence-electron chi connectivity index (χ3n) is 3.00. The van der Waals surface area contributed by atoms with Crippen molar-refractivity contribution in [2.45, 2.75) is 38.9 Å². The van der Waals surface area contributed by atoms with Crippen molar-refractivity contribution >= 4 is 11.8 Å². The SMILES string of the molecule is CC(C)/C=C/C(=O)NC1CCN(C(=O)C(F)(F)F)CC1. The molecule has 1 aliphatic rings. The molecule has 1 heterocycles. The highest BCUT2D eigenvalue weighted by molar-refractivity contribution is 5.87. The van der Waals surface area contributed by atoms with Crippen LogP contribution >= 0.6 is 0 Å². The van der Waals surface area contributed by atoms with Crippen LogP contribution in [0.2, 0.25) is 0 Å². The molecule has 2 amide bonds. The van der Waals surface area contributed by atoms with Gasteiger partial charge in [0, 0.05) is 19.1 Å². The quantitative estimate of drug-likeness (QED) is 0.807. The summed E-state index contributed by atoms with van der Waals surface area (Å²) in [4.78, 5) is 23.3. The summed E-state index contributed by atoms with van der Waals surface area (Å²) in [5.74, 6) is -1.80. The predicted octanol–water partition coefficient (Wildman–Crippen LogP) is 1.87. The Bertz CT molecular complexity index is 384. The van der Waals surface area contributed by atoms with Crippen molar-refractivity contribution in [3.8, 4) is 0 Å². The third-order valence-corrected chi connectivity index (χ3v) is 3.00. The molecule has 0 radical (unpaired) electrons. The van der Waals surface area contributed by atoms with E-state index in [9.17, 15) is 22.8 Å². The van der Waals surface area contributed by atoms with Crippen LogP contribution in [0.25, 0.3) is 0 Å². The highest BCUT2D eigenvalue weighted by Gasteiger charge is 2.43. The Labute approximate surface area is 116 Å². The van der Waals surface area contributed by atoms with Crippen LogP contribution < -0.4 is 5.32 Å². The van der Waals surface area contributed by atoms with E-state index in [1.807, 2.05) is 13.8 Å². The van der Waals surface area contributed by atoms with Gasteiger partial charge in [-0.25, -0.2) is 0 Å². The maximum Gasteiger partial charge on any atom is 0.471 e. The molecule has 1 N–H and O–H groups in total. The molecule has 0 atom stereocenters. The number of hydrogen-bond acceptors (Lipinski definition) is 2. The van der Waals surface area contributed by atoms with E-state index < -0.39 is 12.1 Å². The fourth-order valence-corrected chi connectivity index (χ4v) is 1.94. The van der Waals surface area contributed by atoms with Gasteiger partial charge < -0.3 is 10.2 Å².